The Bertz CT molecular complexity index is 895. The van der Waals surface area contributed by atoms with Crippen LogP contribution in [0.5, 0.6) is 5.75 Å². The predicted molar refractivity (Wildman–Crippen MR) is 114 cm³/mol. The Morgan fingerprint density at radius 3 is 2.32 bits per heavy atom. The summed E-state index contributed by atoms with van der Waals surface area (Å²) in [5, 5.41) is 12.1. The quantitative estimate of drug-likeness (QED) is 0.555. The highest BCUT2D eigenvalue weighted by Gasteiger charge is 2.07. The minimum absolute atomic E-state index is 0.0878. The fraction of sp³-hybridized carbons (Fsp3) is 0.227. The summed E-state index contributed by atoms with van der Waals surface area (Å²) >= 11 is 1.36. The van der Waals surface area contributed by atoms with E-state index in [1.807, 2.05) is 43.3 Å². The molecule has 1 heterocycles. The van der Waals surface area contributed by atoms with Crippen molar-refractivity contribution >= 4 is 23.4 Å². The van der Waals surface area contributed by atoms with Crippen LogP contribution < -0.4 is 10.1 Å². The van der Waals surface area contributed by atoms with Crippen LogP contribution in [-0.2, 0) is 11.2 Å². The number of benzene rings is 2. The summed E-state index contributed by atoms with van der Waals surface area (Å²) in [5.41, 5.74) is 3.90. The smallest absolute Gasteiger partial charge is 0.234 e. The van der Waals surface area contributed by atoms with Gasteiger partial charge in [0, 0.05) is 11.3 Å². The van der Waals surface area contributed by atoms with Crippen LogP contribution >= 0.6 is 11.8 Å². The monoisotopic (exact) mass is 393 g/mol. The summed E-state index contributed by atoms with van der Waals surface area (Å²) in [6.45, 7) is 4.68. The largest absolute Gasteiger partial charge is 0.494 e. The van der Waals surface area contributed by atoms with Gasteiger partial charge < -0.3 is 10.1 Å². The van der Waals surface area contributed by atoms with E-state index in [2.05, 4.69) is 46.7 Å². The number of thioether (sulfide) groups is 1. The van der Waals surface area contributed by atoms with Crippen LogP contribution in [0, 0.1) is 0 Å². The van der Waals surface area contributed by atoms with Crippen molar-refractivity contribution in [2.75, 3.05) is 17.7 Å². The van der Waals surface area contributed by atoms with Gasteiger partial charge in [-0.1, -0.05) is 43.0 Å². The molecule has 1 aromatic heterocycles. The molecule has 0 spiro atoms. The summed E-state index contributed by atoms with van der Waals surface area (Å²) < 4.78 is 5.39. The highest BCUT2D eigenvalue weighted by atomic mass is 32.2. The number of carbonyl (C=O) groups is 1. The lowest BCUT2D eigenvalue weighted by Gasteiger charge is -2.07. The van der Waals surface area contributed by atoms with Crippen LogP contribution in [0.2, 0.25) is 0 Å². The van der Waals surface area contributed by atoms with Gasteiger partial charge in [0.2, 0.25) is 5.91 Å². The highest BCUT2D eigenvalue weighted by Crippen LogP contribution is 2.21. The molecular formula is C22H23N3O2S. The molecule has 0 aliphatic heterocycles. The van der Waals surface area contributed by atoms with E-state index in [1.54, 1.807) is 0 Å². The number of amides is 1. The molecule has 2 aromatic carbocycles. The third kappa shape index (κ3) is 5.57. The van der Waals surface area contributed by atoms with E-state index in [9.17, 15) is 4.79 Å². The van der Waals surface area contributed by atoms with Crippen molar-refractivity contribution in [3.63, 3.8) is 0 Å². The highest BCUT2D eigenvalue weighted by molar-refractivity contribution is 7.99. The molecule has 0 saturated heterocycles. The van der Waals surface area contributed by atoms with Gasteiger partial charge in [-0.25, -0.2) is 0 Å². The molecule has 0 aliphatic carbocycles. The van der Waals surface area contributed by atoms with Gasteiger partial charge in [0.05, 0.1) is 18.1 Å². The first kappa shape index (κ1) is 19.9. The topological polar surface area (TPSA) is 64.1 Å². The van der Waals surface area contributed by atoms with Crippen LogP contribution in [0.3, 0.4) is 0 Å². The second kappa shape index (κ2) is 9.90. The summed E-state index contributed by atoms with van der Waals surface area (Å²) in [6, 6.07) is 19.5. The lowest BCUT2D eigenvalue weighted by atomic mass is 10.1. The fourth-order valence-corrected chi connectivity index (χ4v) is 3.21. The summed E-state index contributed by atoms with van der Waals surface area (Å²) in [7, 11) is 0. The second-order valence-corrected chi connectivity index (χ2v) is 7.10. The minimum Gasteiger partial charge on any atom is -0.494 e. The van der Waals surface area contributed by atoms with Crippen LogP contribution in [0.4, 0.5) is 5.69 Å². The lowest BCUT2D eigenvalue weighted by Crippen LogP contribution is -2.14. The van der Waals surface area contributed by atoms with Gasteiger partial charge in [-0.15, -0.1) is 10.2 Å². The molecule has 0 bridgehead atoms. The number of aryl methyl sites for hydroxylation is 1. The van der Waals surface area contributed by atoms with E-state index in [-0.39, 0.29) is 11.7 Å². The Morgan fingerprint density at radius 2 is 1.71 bits per heavy atom. The lowest BCUT2D eigenvalue weighted by molar-refractivity contribution is -0.113. The first-order valence-electron chi connectivity index (χ1n) is 9.26. The molecule has 6 heteroatoms. The zero-order valence-electron chi connectivity index (χ0n) is 16.0. The fourth-order valence-electron chi connectivity index (χ4n) is 2.60. The number of rotatable bonds is 8. The van der Waals surface area contributed by atoms with E-state index in [0.717, 1.165) is 34.1 Å². The maximum Gasteiger partial charge on any atom is 0.234 e. The molecular weight excluding hydrogens is 370 g/mol. The van der Waals surface area contributed by atoms with E-state index >= 15 is 0 Å². The molecule has 3 rings (SSSR count). The number of aromatic nitrogens is 2. The molecule has 1 N–H and O–H groups in total. The first-order chi connectivity index (χ1) is 13.7. The van der Waals surface area contributed by atoms with Crippen molar-refractivity contribution in [3.05, 3.63) is 66.2 Å². The molecule has 0 radical (unpaired) electrons. The first-order valence-corrected chi connectivity index (χ1v) is 10.2. The van der Waals surface area contributed by atoms with Crippen LogP contribution in [0.25, 0.3) is 11.3 Å². The zero-order chi connectivity index (χ0) is 19.8. The van der Waals surface area contributed by atoms with Crippen LogP contribution in [0.1, 0.15) is 19.4 Å². The van der Waals surface area contributed by atoms with Gasteiger partial charge in [-0.05, 0) is 55.3 Å². The Labute approximate surface area is 169 Å². The molecule has 0 saturated carbocycles. The maximum atomic E-state index is 12.1. The number of nitrogens with one attached hydrogen (secondary N) is 1. The Hall–Kier alpha value is -2.86. The molecule has 5 nitrogen and oxygen atoms in total. The van der Waals surface area contributed by atoms with Crippen molar-refractivity contribution in [2.45, 2.75) is 25.3 Å². The van der Waals surface area contributed by atoms with Gasteiger partial charge in [0.25, 0.3) is 0 Å². The minimum atomic E-state index is -0.0878. The van der Waals surface area contributed by atoms with Crippen molar-refractivity contribution < 1.29 is 9.53 Å². The molecule has 28 heavy (non-hydrogen) atoms. The van der Waals surface area contributed by atoms with Crippen molar-refractivity contribution in [3.8, 4) is 17.0 Å². The summed E-state index contributed by atoms with van der Waals surface area (Å²) in [6.07, 6.45) is 1.01. The van der Waals surface area contributed by atoms with Gasteiger partial charge in [0.1, 0.15) is 10.8 Å². The maximum absolute atomic E-state index is 12.1. The summed E-state index contributed by atoms with van der Waals surface area (Å²) in [4.78, 5) is 12.1. The molecule has 3 aromatic rings. The third-order valence-electron chi connectivity index (χ3n) is 4.10. The van der Waals surface area contributed by atoms with E-state index in [4.69, 9.17) is 4.74 Å². The average molecular weight is 394 g/mol. The summed E-state index contributed by atoms with van der Waals surface area (Å²) in [5.74, 6) is 0.969. The standard InChI is InChI=1S/C22H23N3O2S/c1-3-16-5-7-17(8-6-16)20-13-14-22(25-24-20)28-15-21(26)23-18-9-11-19(12-10-18)27-4-2/h5-14H,3-4,15H2,1-2H3,(H,23,26). The molecule has 0 fully saturated rings. The molecule has 1 amide bonds. The third-order valence-corrected chi connectivity index (χ3v) is 5.02. The van der Waals surface area contributed by atoms with E-state index in [0.29, 0.717) is 6.61 Å². The van der Waals surface area contributed by atoms with Gasteiger partial charge in [-0.3, -0.25) is 4.79 Å². The van der Waals surface area contributed by atoms with Crippen LogP contribution in [0.15, 0.2) is 65.7 Å². The Balaban J connectivity index is 1.51. The predicted octanol–water partition coefficient (Wildman–Crippen LogP) is 4.84. The SMILES string of the molecule is CCOc1ccc(NC(=O)CSc2ccc(-c3ccc(CC)cc3)nn2)cc1. The Kier molecular flexibility index (Phi) is 7.03. The molecule has 144 valence electrons. The molecule has 0 aliphatic rings. The van der Waals surface area contributed by atoms with Crippen molar-refractivity contribution in [2.24, 2.45) is 0 Å². The molecule has 0 unspecified atom stereocenters. The number of hydrogen-bond donors (Lipinski definition) is 1. The van der Waals surface area contributed by atoms with Crippen LogP contribution in [-0.4, -0.2) is 28.5 Å². The number of carbonyl (C=O) groups excluding carboxylic acids is 1. The van der Waals surface area contributed by atoms with Crippen molar-refractivity contribution in [1.29, 1.82) is 0 Å². The normalized spacial score (nSPS) is 10.5. The van der Waals surface area contributed by atoms with E-state index < -0.39 is 0 Å². The number of nitrogens with zero attached hydrogens (tertiary/aromatic N) is 2. The van der Waals surface area contributed by atoms with Crippen molar-refractivity contribution in [1.82, 2.24) is 10.2 Å². The molecule has 0 atom stereocenters. The van der Waals surface area contributed by atoms with E-state index in [1.165, 1.54) is 17.3 Å². The number of anilines is 1. The second-order valence-electron chi connectivity index (χ2n) is 6.10. The average Bonchev–Trinajstić information content (AvgIpc) is 2.74. The Morgan fingerprint density at radius 1 is 0.964 bits per heavy atom. The van der Waals surface area contributed by atoms with Gasteiger partial charge in [-0.2, -0.15) is 0 Å². The number of hydrogen-bond acceptors (Lipinski definition) is 5. The number of ether oxygens (including phenoxy) is 1. The van der Waals surface area contributed by atoms with Gasteiger partial charge in [0.15, 0.2) is 0 Å². The van der Waals surface area contributed by atoms with Gasteiger partial charge >= 0.3 is 0 Å². The zero-order valence-corrected chi connectivity index (χ0v) is 16.8.